The van der Waals surface area contributed by atoms with Crippen molar-refractivity contribution in [3.05, 3.63) is 11.9 Å². The van der Waals surface area contributed by atoms with E-state index in [-0.39, 0.29) is 11.3 Å². The number of aliphatic hydroxyl groups is 1. The summed E-state index contributed by atoms with van der Waals surface area (Å²) in [5, 5.41) is 23.4. The Bertz CT molecular complexity index is 495. The lowest BCUT2D eigenvalue weighted by Crippen LogP contribution is -2.41. The molecule has 0 aromatic carbocycles. The lowest BCUT2D eigenvalue weighted by atomic mass is 10.2. The first-order valence-electron chi connectivity index (χ1n) is 4.74. The number of H-pyrrole nitrogens is 1. The fourth-order valence-electron chi connectivity index (χ4n) is 1.22. The predicted octanol–water partition coefficient (Wildman–Crippen LogP) is -1.17. The van der Waals surface area contributed by atoms with Crippen molar-refractivity contribution in [2.24, 2.45) is 0 Å². The highest BCUT2D eigenvalue weighted by atomic mass is 32.2. The maximum absolute atomic E-state index is 11.8. The molecule has 0 fully saturated rings. The van der Waals surface area contributed by atoms with Crippen molar-refractivity contribution in [2.45, 2.75) is 24.3 Å². The van der Waals surface area contributed by atoms with Crippen LogP contribution in [0.4, 0.5) is 0 Å². The number of carbonyl (C=O) groups is 1. The molecule has 8 nitrogen and oxygen atoms in total. The number of aryl methyl sites for hydroxylation is 1. The van der Waals surface area contributed by atoms with Crippen LogP contribution in [0.15, 0.2) is 11.1 Å². The number of sulfonamides is 1. The number of carboxylic acids is 1. The molecule has 1 heterocycles. The van der Waals surface area contributed by atoms with Gasteiger partial charge in [0.15, 0.2) is 0 Å². The molecule has 1 unspecified atom stereocenters. The fraction of sp³-hybridized carbons (Fsp3) is 0.500. The smallest absolute Gasteiger partial charge is 0.321 e. The van der Waals surface area contributed by atoms with Crippen LogP contribution in [-0.2, 0) is 14.8 Å². The number of rotatable bonds is 6. The number of aromatic amines is 1. The SMILES string of the molecule is Cc1[nH]ncc1S(=O)(=O)NC(CCO)C(=O)O. The summed E-state index contributed by atoms with van der Waals surface area (Å²) >= 11 is 0. The van der Waals surface area contributed by atoms with E-state index in [1.165, 1.54) is 6.92 Å². The van der Waals surface area contributed by atoms with Gasteiger partial charge in [0.25, 0.3) is 0 Å². The van der Waals surface area contributed by atoms with Crippen LogP contribution in [0.2, 0.25) is 0 Å². The maximum Gasteiger partial charge on any atom is 0.321 e. The Morgan fingerprint density at radius 2 is 2.29 bits per heavy atom. The third kappa shape index (κ3) is 3.25. The maximum atomic E-state index is 11.8. The Kier molecular flexibility index (Phi) is 4.21. The first-order chi connectivity index (χ1) is 7.88. The van der Waals surface area contributed by atoms with Gasteiger partial charge in [-0.3, -0.25) is 9.89 Å². The number of aliphatic carboxylic acids is 1. The highest BCUT2D eigenvalue weighted by Crippen LogP contribution is 2.12. The second kappa shape index (κ2) is 5.25. The summed E-state index contributed by atoms with van der Waals surface area (Å²) in [5.74, 6) is -1.34. The normalized spacial score (nSPS) is 13.5. The van der Waals surface area contributed by atoms with E-state index in [1.807, 2.05) is 4.72 Å². The third-order valence-electron chi connectivity index (χ3n) is 2.09. The molecule has 0 aliphatic carbocycles. The van der Waals surface area contributed by atoms with Gasteiger partial charge in [-0.1, -0.05) is 0 Å². The second-order valence-corrected chi connectivity index (χ2v) is 5.07. The van der Waals surface area contributed by atoms with Gasteiger partial charge in [0.05, 0.1) is 11.9 Å². The summed E-state index contributed by atoms with van der Waals surface area (Å²) in [6, 6.07) is -1.36. The minimum atomic E-state index is -3.95. The zero-order valence-electron chi connectivity index (χ0n) is 9.04. The van der Waals surface area contributed by atoms with Gasteiger partial charge in [0.1, 0.15) is 10.9 Å². The minimum absolute atomic E-state index is 0.110. The van der Waals surface area contributed by atoms with E-state index in [0.29, 0.717) is 5.69 Å². The van der Waals surface area contributed by atoms with E-state index in [2.05, 4.69) is 10.2 Å². The van der Waals surface area contributed by atoms with Gasteiger partial charge in [0.2, 0.25) is 10.0 Å². The van der Waals surface area contributed by atoms with Crippen molar-refractivity contribution in [3.63, 3.8) is 0 Å². The van der Waals surface area contributed by atoms with Crippen LogP contribution >= 0.6 is 0 Å². The van der Waals surface area contributed by atoms with Gasteiger partial charge in [-0.15, -0.1) is 0 Å². The van der Waals surface area contributed by atoms with Crippen LogP contribution in [0.3, 0.4) is 0 Å². The molecule has 0 saturated carbocycles. The van der Waals surface area contributed by atoms with E-state index in [0.717, 1.165) is 6.20 Å². The van der Waals surface area contributed by atoms with Gasteiger partial charge < -0.3 is 10.2 Å². The van der Waals surface area contributed by atoms with Crippen molar-refractivity contribution >= 4 is 16.0 Å². The molecule has 4 N–H and O–H groups in total. The van der Waals surface area contributed by atoms with Crippen LogP contribution in [-0.4, -0.2) is 47.4 Å². The van der Waals surface area contributed by atoms with Gasteiger partial charge in [-0.25, -0.2) is 8.42 Å². The number of nitrogens with one attached hydrogen (secondary N) is 2. The van der Waals surface area contributed by atoms with Crippen molar-refractivity contribution in [1.29, 1.82) is 0 Å². The molecule has 0 amide bonds. The van der Waals surface area contributed by atoms with E-state index >= 15 is 0 Å². The standard InChI is InChI=1S/C8H13N3O5S/c1-5-7(4-9-10-5)17(15,16)11-6(2-3-12)8(13)14/h4,6,11-12H,2-3H2,1H3,(H,9,10)(H,13,14). The van der Waals surface area contributed by atoms with Crippen molar-refractivity contribution in [1.82, 2.24) is 14.9 Å². The summed E-state index contributed by atoms with van der Waals surface area (Å²) in [5.41, 5.74) is 0.311. The fourth-order valence-corrected chi connectivity index (χ4v) is 2.58. The van der Waals surface area contributed by atoms with Gasteiger partial charge >= 0.3 is 5.97 Å². The summed E-state index contributed by atoms with van der Waals surface area (Å²) in [6.07, 6.45) is 0.890. The van der Waals surface area contributed by atoms with Crippen molar-refractivity contribution in [2.75, 3.05) is 6.61 Å². The zero-order valence-corrected chi connectivity index (χ0v) is 9.86. The molecule has 96 valence electrons. The number of nitrogens with zero attached hydrogens (tertiary/aromatic N) is 1. The second-order valence-electron chi connectivity index (χ2n) is 3.38. The number of hydrogen-bond acceptors (Lipinski definition) is 5. The topological polar surface area (TPSA) is 132 Å². The lowest BCUT2D eigenvalue weighted by molar-refractivity contribution is -0.139. The van der Waals surface area contributed by atoms with Gasteiger partial charge in [0, 0.05) is 6.61 Å². The van der Waals surface area contributed by atoms with E-state index in [4.69, 9.17) is 10.2 Å². The number of aliphatic hydroxyl groups excluding tert-OH is 1. The highest BCUT2D eigenvalue weighted by Gasteiger charge is 2.26. The van der Waals surface area contributed by atoms with E-state index < -0.39 is 28.6 Å². The molecule has 17 heavy (non-hydrogen) atoms. The highest BCUT2D eigenvalue weighted by molar-refractivity contribution is 7.89. The largest absolute Gasteiger partial charge is 0.480 e. The van der Waals surface area contributed by atoms with Crippen molar-refractivity contribution < 1.29 is 23.4 Å². The number of aromatic nitrogens is 2. The number of hydrogen-bond donors (Lipinski definition) is 4. The Hall–Kier alpha value is -1.45. The van der Waals surface area contributed by atoms with Crippen LogP contribution in [0.5, 0.6) is 0 Å². The Labute approximate surface area is 97.7 Å². The molecule has 0 saturated heterocycles. The summed E-state index contributed by atoms with van der Waals surface area (Å²) in [6.45, 7) is 1.08. The van der Waals surface area contributed by atoms with E-state index in [1.54, 1.807) is 0 Å². The first kappa shape index (κ1) is 13.6. The van der Waals surface area contributed by atoms with E-state index in [9.17, 15) is 13.2 Å². The quantitative estimate of drug-likeness (QED) is 0.511. The molecular formula is C8H13N3O5S. The average Bonchev–Trinajstić information content (AvgIpc) is 2.64. The Morgan fingerprint density at radius 1 is 1.65 bits per heavy atom. The molecule has 0 bridgehead atoms. The molecule has 9 heteroatoms. The molecule has 1 atom stereocenters. The van der Waals surface area contributed by atoms with Crippen LogP contribution in [0.1, 0.15) is 12.1 Å². The number of carboxylic acid groups (broad SMARTS) is 1. The van der Waals surface area contributed by atoms with Crippen LogP contribution in [0.25, 0.3) is 0 Å². The third-order valence-corrected chi connectivity index (χ3v) is 3.67. The first-order valence-corrected chi connectivity index (χ1v) is 6.22. The van der Waals surface area contributed by atoms with Crippen LogP contribution in [0, 0.1) is 6.92 Å². The monoisotopic (exact) mass is 263 g/mol. The summed E-state index contributed by atoms with van der Waals surface area (Å²) in [7, 11) is -3.95. The van der Waals surface area contributed by atoms with Gasteiger partial charge in [-0.05, 0) is 13.3 Å². The summed E-state index contributed by atoms with van der Waals surface area (Å²) in [4.78, 5) is 10.7. The van der Waals surface area contributed by atoms with Gasteiger partial charge in [-0.2, -0.15) is 9.82 Å². The molecule has 1 aromatic rings. The Morgan fingerprint density at radius 3 is 2.71 bits per heavy atom. The predicted molar refractivity (Wildman–Crippen MR) is 56.8 cm³/mol. The zero-order chi connectivity index (χ0) is 13.1. The van der Waals surface area contributed by atoms with Crippen molar-refractivity contribution in [3.8, 4) is 0 Å². The molecule has 0 spiro atoms. The van der Waals surface area contributed by atoms with Crippen LogP contribution < -0.4 is 4.72 Å². The minimum Gasteiger partial charge on any atom is -0.480 e. The molecule has 0 radical (unpaired) electrons. The molecule has 1 aromatic heterocycles. The Balaban J connectivity index is 2.93. The molecule has 1 rings (SSSR count). The summed E-state index contributed by atoms with van der Waals surface area (Å²) < 4.78 is 25.6. The lowest BCUT2D eigenvalue weighted by Gasteiger charge is -2.12. The molecule has 0 aliphatic heterocycles. The average molecular weight is 263 g/mol. The molecular weight excluding hydrogens is 250 g/mol. The molecule has 0 aliphatic rings.